The van der Waals surface area contributed by atoms with Crippen LogP contribution in [-0.4, -0.2) is 37.5 Å². The van der Waals surface area contributed by atoms with Crippen LogP contribution in [0.3, 0.4) is 0 Å². The number of hydrogen-bond acceptors (Lipinski definition) is 6. The van der Waals surface area contributed by atoms with E-state index in [1.165, 1.54) is 25.1 Å². The average Bonchev–Trinajstić information content (AvgIpc) is 2.68. The molecular weight excluding hydrogens is 446 g/mol. The second-order valence-corrected chi connectivity index (χ2v) is 7.38. The Morgan fingerprint density at radius 3 is 2.75 bits per heavy atom. The van der Waals surface area contributed by atoms with Gasteiger partial charge in [-0.15, -0.1) is 11.8 Å². The van der Waals surface area contributed by atoms with Crippen molar-refractivity contribution in [3.8, 4) is 11.5 Å². The van der Waals surface area contributed by atoms with E-state index < -0.39 is 5.91 Å². The smallest absolute Gasteiger partial charge is 0.255 e. The molecule has 0 aliphatic heterocycles. The predicted molar refractivity (Wildman–Crippen MR) is 114 cm³/mol. The molecule has 0 saturated carbocycles. The molecule has 0 unspecified atom stereocenters. The van der Waals surface area contributed by atoms with Gasteiger partial charge in [0.2, 0.25) is 5.91 Å². The number of carbonyl (C=O) groups is 2. The molecule has 0 aromatic heterocycles. The lowest BCUT2D eigenvalue weighted by molar-refractivity contribution is -0.120. The van der Waals surface area contributed by atoms with Gasteiger partial charge in [-0.1, -0.05) is 34.1 Å². The molecule has 3 N–H and O–H groups in total. The topological polar surface area (TPSA) is 103 Å². The van der Waals surface area contributed by atoms with Crippen molar-refractivity contribution in [3.63, 3.8) is 0 Å². The van der Waals surface area contributed by atoms with E-state index in [1.807, 2.05) is 24.3 Å². The first kappa shape index (κ1) is 21.8. The summed E-state index contributed by atoms with van der Waals surface area (Å²) in [5, 5.41) is 3.95. The number of nitrogens with zero attached hydrogens (tertiary/aromatic N) is 1. The van der Waals surface area contributed by atoms with Gasteiger partial charge in [0.25, 0.3) is 5.91 Å². The van der Waals surface area contributed by atoms with E-state index in [-0.39, 0.29) is 12.5 Å². The summed E-state index contributed by atoms with van der Waals surface area (Å²) >= 11 is 4.99. The Morgan fingerprint density at radius 1 is 1.25 bits per heavy atom. The van der Waals surface area contributed by atoms with Gasteiger partial charge in [0.15, 0.2) is 18.1 Å². The molecule has 2 aromatic rings. The Balaban J connectivity index is 1.82. The summed E-state index contributed by atoms with van der Waals surface area (Å²) in [7, 11) is 1.48. The lowest BCUT2D eigenvalue weighted by atomic mass is 10.2. The summed E-state index contributed by atoms with van der Waals surface area (Å²) < 4.78 is 11.5. The molecular formula is C19H20BrN3O4S. The van der Waals surface area contributed by atoms with Gasteiger partial charge in [-0.05, 0) is 35.4 Å². The highest BCUT2D eigenvalue weighted by Gasteiger charge is 2.07. The van der Waals surface area contributed by atoms with Crippen molar-refractivity contribution < 1.29 is 19.1 Å². The van der Waals surface area contributed by atoms with Crippen LogP contribution in [0.15, 0.2) is 52.0 Å². The quantitative estimate of drug-likeness (QED) is 0.414. The number of thioether (sulfide) groups is 1. The van der Waals surface area contributed by atoms with Gasteiger partial charge in [-0.25, -0.2) is 5.43 Å². The minimum absolute atomic E-state index is 0.193. The molecule has 2 aromatic carbocycles. The molecule has 9 heteroatoms. The molecule has 0 atom stereocenters. The van der Waals surface area contributed by atoms with Gasteiger partial charge < -0.3 is 15.2 Å². The van der Waals surface area contributed by atoms with Gasteiger partial charge >= 0.3 is 0 Å². The fourth-order valence-corrected chi connectivity index (χ4v) is 3.55. The first-order chi connectivity index (χ1) is 13.5. The lowest BCUT2D eigenvalue weighted by Gasteiger charge is -2.09. The average molecular weight is 466 g/mol. The number of nitrogens with one attached hydrogen (secondary N) is 1. The molecule has 2 amide bonds. The Kier molecular flexibility index (Phi) is 8.83. The molecule has 0 fully saturated rings. The van der Waals surface area contributed by atoms with E-state index in [0.717, 1.165) is 15.8 Å². The fourth-order valence-electron chi connectivity index (χ4n) is 2.11. The maximum Gasteiger partial charge on any atom is 0.255 e. The number of primary amides is 1. The molecule has 0 spiro atoms. The van der Waals surface area contributed by atoms with Crippen LogP contribution in [0.5, 0.6) is 11.5 Å². The monoisotopic (exact) mass is 465 g/mol. The van der Waals surface area contributed by atoms with Crippen LogP contribution in [0.4, 0.5) is 0 Å². The highest BCUT2D eigenvalue weighted by molar-refractivity contribution is 9.10. The van der Waals surface area contributed by atoms with E-state index in [4.69, 9.17) is 15.2 Å². The van der Waals surface area contributed by atoms with E-state index in [2.05, 4.69) is 26.5 Å². The van der Waals surface area contributed by atoms with Crippen molar-refractivity contribution in [1.82, 2.24) is 5.43 Å². The van der Waals surface area contributed by atoms with E-state index >= 15 is 0 Å². The summed E-state index contributed by atoms with van der Waals surface area (Å²) in [6, 6.07) is 12.9. The molecule has 0 heterocycles. The van der Waals surface area contributed by atoms with Crippen molar-refractivity contribution in [1.29, 1.82) is 0 Å². The number of hydrazone groups is 1. The standard InChI is InChI=1S/C19H20BrN3O4S/c1-26-17-8-13(6-7-16(17)27-10-18(21)24)9-22-23-19(25)12-28-11-14-4-2-3-5-15(14)20/h2-9H,10-12H2,1H3,(H2,21,24)(H,23,25)/b22-9-. The molecule has 0 saturated heterocycles. The zero-order valence-corrected chi connectivity index (χ0v) is 17.6. The van der Waals surface area contributed by atoms with Crippen LogP contribution in [0, 0.1) is 0 Å². The van der Waals surface area contributed by atoms with E-state index in [9.17, 15) is 9.59 Å². The van der Waals surface area contributed by atoms with Gasteiger partial charge in [-0.2, -0.15) is 5.10 Å². The van der Waals surface area contributed by atoms with Gasteiger partial charge in [-0.3, -0.25) is 9.59 Å². The Labute approximate surface area is 175 Å². The second-order valence-electron chi connectivity index (χ2n) is 5.54. The molecule has 0 aliphatic carbocycles. The molecule has 2 rings (SSSR count). The van der Waals surface area contributed by atoms with Gasteiger partial charge in [0.05, 0.1) is 19.1 Å². The molecule has 28 heavy (non-hydrogen) atoms. The summed E-state index contributed by atoms with van der Waals surface area (Å²) in [6.45, 7) is -0.239. The van der Waals surface area contributed by atoms with E-state index in [0.29, 0.717) is 22.8 Å². The van der Waals surface area contributed by atoms with Crippen LogP contribution in [0.2, 0.25) is 0 Å². The van der Waals surface area contributed by atoms with Crippen molar-refractivity contribution in [2.75, 3.05) is 19.5 Å². The third kappa shape index (κ3) is 7.24. The van der Waals surface area contributed by atoms with Crippen LogP contribution in [-0.2, 0) is 15.3 Å². The maximum absolute atomic E-state index is 11.9. The van der Waals surface area contributed by atoms with Crippen LogP contribution < -0.4 is 20.6 Å². The van der Waals surface area contributed by atoms with Crippen LogP contribution >= 0.6 is 27.7 Å². The number of rotatable bonds is 10. The number of amides is 2. The van der Waals surface area contributed by atoms with E-state index in [1.54, 1.807) is 18.2 Å². The van der Waals surface area contributed by atoms with Crippen molar-refractivity contribution in [3.05, 3.63) is 58.1 Å². The number of carbonyl (C=O) groups excluding carboxylic acids is 2. The SMILES string of the molecule is COc1cc(/C=N\NC(=O)CSCc2ccccc2Br)ccc1OCC(N)=O. The highest BCUT2D eigenvalue weighted by Crippen LogP contribution is 2.27. The largest absolute Gasteiger partial charge is 0.493 e. The minimum Gasteiger partial charge on any atom is -0.493 e. The first-order valence-corrected chi connectivity index (χ1v) is 10.2. The van der Waals surface area contributed by atoms with Crippen LogP contribution in [0.25, 0.3) is 0 Å². The van der Waals surface area contributed by atoms with Crippen molar-refractivity contribution in [2.24, 2.45) is 10.8 Å². The molecule has 0 aliphatic rings. The number of halogens is 1. The summed E-state index contributed by atoms with van der Waals surface area (Å²) in [5.74, 6) is 1.07. The predicted octanol–water partition coefficient (Wildman–Crippen LogP) is 2.71. The molecule has 148 valence electrons. The number of methoxy groups -OCH3 is 1. The zero-order chi connectivity index (χ0) is 20.4. The summed E-state index contributed by atoms with van der Waals surface area (Å²) in [5.41, 5.74) is 9.38. The Morgan fingerprint density at radius 2 is 2.04 bits per heavy atom. The zero-order valence-electron chi connectivity index (χ0n) is 15.2. The molecule has 7 nitrogen and oxygen atoms in total. The number of ether oxygens (including phenoxy) is 2. The molecule has 0 radical (unpaired) electrons. The lowest BCUT2D eigenvalue weighted by Crippen LogP contribution is -2.20. The highest BCUT2D eigenvalue weighted by atomic mass is 79.9. The third-order valence-corrected chi connectivity index (χ3v) is 5.16. The molecule has 0 bridgehead atoms. The van der Waals surface area contributed by atoms with Crippen LogP contribution in [0.1, 0.15) is 11.1 Å². The number of hydrogen-bond donors (Lipinski definition) is 2. The number of benzene rings is 2. The summed E-state index contributed by atoms with van der Waals surface area (Å²) in [6.07, 6.45) is 1.50. The summed E-state index contributed by atoms with van der Waals surface area (Å²) in [4.78, 5) is 22.7. The first-order valence-electron chi connectivity index (χ1n) is 8.21. The van der Waals surface area contributed by atoms with Gasteiger partial charge in [0.1, 0.15) is 0 Å². The van der Waals surface area contributed by atoms with Crippen molar-refractivity contribution >= 4 is 45.7 Å². The van der Waals surface area contributed by atoms with Crippen molar-refractivity contribution in [2.45, 2.75) is 5.75 Å². The van der Waals surface area contributed by atoms with Gasteiger partial charge in [0, 0.05) is 10.2 Å². The minimum atomic E-state index is -0.576. The third-order valence-electron chi connectivity index (χ3n) is 3.41. The normalized spacial score (nSPS) is 10.6. The fraction of sp³-hybridized carbons (Fsp3) is 0.211. The Hall–Kier alpha value is -2.52. The Bertz CT molecular complexity index is 861. The number of nitrogens with two attached hydrogens (primary N) is 1. The second kappa shape index (κ2) is 11.4. The maximum atomic E-state index is 11.9.